The van der Waals surface area contributed by atoms with Crippen LogP contribution in [0.25, 0.3) is 16.8 Å². The molecular weight excluding hydrogens is 283 g/mol. The summed E-state index contributed by atoms with van der Waals surface area (Å²) in [5, 5.41) is 14.9. The molecule has 2 aromatic heterocycles. The fourth-order valence-electron chi connectivity index (χ4n) is 2.31. The summed E-state index contributed by atoms with van der Waals surface area (Å²) in [6.45, 7) is 0. The highest BCUT2D eigenvalue weighted by Gasteiger charge is 2.10. The van der Waals surface area contributed by atoms with E-state index in [9.17, 15) is 4.39 Å². The predicted octanol–water partition coefficient (Wildman–Crippen LogP) is 2.96. The first-order chi connectivity index (χ1) is 10.7. The van der Waals surface area contributed by atoms with Gasteiger partial charge in [0.15, 0.2) is 0 Å². The van der Waals surface area contributed by atoms with Crippen molar-refractivity contribution in [1.29, 1.82) is 5.26 Å². The molecule has 0 aliphatic heterocycles. The SMILES string of the molecule is N#Cc1ccc2c(c1)nc1nc(Nc3cccc(F)c3)[nH]n12. The Morgan fingerprint density at radius 1 is 1.18 bits per heavy atom. The summed E-state index contributed by atoms with van der Waals surface area (Å²) in [4.78, 5) is 8.67. The first-order valence-electron chi connectivity index (χ1n) is 6.54. The molecule has 0 bridgehead atoms. The molecule has 0 saturated carbocycles. The molecule has 0 fully saturated rings. The van der Waals surface area contributed by atoms with E-state index in [-0.39, 0.29) is 5.82 Å². The molecule has 0 aliphatic carbocycles. The van der Waals surface area contributed by atoms with Crippen molar-refractivity contribution in [3.05, 3.63) is 53.8 Å². The molecule has 0 spiro atoms. The maximum absolute atomic E-state index is 13.2. The van der Waals surface area contributed by atoms with Gasteiger partial charge >= 0.3 is 0 Å². The third kappa shape index (κ3) is 1.94. The van der Waals surface area contributed by atoms with Crippen LogP contribution in [0.15, 0.2) is 42.5 Å². The number of aromatic amines is 1. The summed E-state index contributed by atoms with van der Waals surface area (Å²) in [7, 11) is 0. The minimum atomic E-state index is -0.323. The molecule has 4 aromatic rings. The van der Waals surface area contributed by atoms with Gasteiger partial charge in [0.1, 0.15) is 5.82 Å². The number of nitriles is 1. The van der Waals surface area contributed by atoms with Crippen LogP contribution < -0.4 is 5.32 Å². The first-order valence-corrected chi connectivity index (χ1v) is 6.54. The summed E-state index contributed by atoms with van der Waals surface area (Å²) in [6, 6.07) is 13.4. The van der Waals surface area contributed by atoms with Crippen LogP contribution in [-0.2, 0) is 0 Å². The highest BCUT2D eigenvalue weighted by Crippen LogP contribution is 2.20. The number of benzene rings is 2. The molecule has 0 saturated heterocycles. The fourth-order valence-corrected chi connectivity index (χ4v) is 2.31. The Hall–Kier alpha value is -3.40. The van der Waals surface area contributed by atoms with Gasteiger partial charge in [0.05, 0.1) is 22.7 Å². The topological polar surface area (TPSA) is 81.8 Å². The standard InChI is InChI=1S/C15H9FN6/c16-10-2-1-3-11(7-10)18-14-20-15-19-12-6-9(8-17)4-5-13(12)22(15)21-14/h1-7H,(H2,18,19,20,21). The van der Waals surface area contributed by atoms with Crippen molar-refractivity contribution in [3.63, 3.8) is 0 Å². The first kappa shape index (κ1) is 12.3. The lowest BCUT2D eigenvalue weighted by Crippen LogP contribution is -1.94. The van der Waals surface area contributed by atoms with Crippen molar-refractivity contribution < 1.29 is 4.39 Å². The molecule has 2 heterocycles. The van der Waals surface area contributed by atoms with E-state index in [2.05, 4.69) is 26.5 Å². The lowest BCUT2D eigenvalue weighted by molar-refractivity contribution is 0.628. The van der Waals surface area contributed by atoms with E-state index >= 15 is 0 Å². The van der Waals surface area contributed by atoms with E-state index in [0.717, 1.165) is 5.52 Å². The van der Waals surface area contributed by atoms with Crippen molar-refractivity contribution in [2.24, 2.45) is 0 Å². The van der Waals surface area contributed by atoms with E-state index in [4.69, 9.17) is 5.26 Å². The van der Waals surface area contributed by atoms with Gasteiger partial charge in [0.25, 0.3) is 5.78 Å². The smallest absolute Gasteiger partial charge is 0.253 e. The Labute approximate surface area is 123 Å². The number of nitrogens with one attached hydrogen (secondary N) is 2. The van der Waals surface area contributed by atoms with E-state index in [1.807, 2.05) is 0 Å². The molecule has 6 nitrogen and oxygen atoms in total. The number of fused-ring (bicyclic) bond motifs is 3. The number of H-pyrrole nitrogens is 1. The van der Waals surface area contributed by atoms with Crippen LogP contribution >= 0.6 is 0 Å². The molecule has 2 aromatic carbocycles. The molecule has 2 N–H and O–H groups in total. The number of imidazole rings is 1. The third-order valence-corrected chi connectivity index (χ3v) is 3.28. The second kappa shape index (κ2) is 4.56. The number of anilines is 2. The van der Waals surface area contributed by atoms with Crippen molar-refractivity contribution >= 4 is 28.4 Å². The summed E-state index contributed by atoms with van der Waals surface area (Å²) in [5.41, 5.74) is 2.64. The average molecular weight is 292 g/mol. The minimum absolute atomic E-state index is 0.323. The largest absolute Gasteiger partial charge is 0.324 e. The minimum Gasteiger partial charge on any atom is -0.324 e. The Bertz CT molecular complexity index is 1040. The Balaban J connectivity index is 1.76. The molecule has 0 radical (unpaired) electrons. The number of hydrogen-bond donors (Lipinski definition) is 2. The monoisotopic (exact) mass is 292 g/mol. The van der Waals surface area contributed by atoms with Crippen LogP contribution in [0.2, 0.25) is 0 Å². The van der Waals surface area contributed by atoms with Crippen molar-refractivity contribution in [1.82, 2.24) is 19.6 Å². The molecule has 0 aliphatic rings. The number of aromatic nitrogens is 4. The van der Waals surface area contributed by atoms with Crippen molar-refractivity contribution in [3.8, 4) is 6.07 Å². The normalized spacial score (nSPS) is 10.9. The zero-order chi connectivity index (χ0) is 15.1. The Morgan fingerprint density at radius 2 is 2.09 bits per heavy atom. The third-order valence-electron chi connectivity index (χ3n) is 3.28. The summed E-state index contributed by atoms with van der Waals surface area (Å²) < 4.78 is 14.9. The van der Waals surface area contributed by atoms with Crippen LogP contribution in [0, 0.1) is 17.1 Å². The number of nitrogens with zero attached hydrogens (tertiary/aromatic N) is 4. The number of hydrogen-bond acceptors (Lipinski definition) is 4. The van der Waals surface area contributed by atoms with Gasteiger partial charge in [-0.3, -0.25) is 5.10 Å². The molecule has 0 amide bonds. The Kier molecular flexibility index (Phi) is 2.56. The molecular formula is C15H9FN6. The quantitative estimate of drug-likeness (QED) is 0.595. The zero-order valence-electron chi connectivity index (χ0n) is 11.2. The summed E-state index contributed by atoms with van der Waals surface area (Å²) in [6.07, 6.45) is 0. The fraction of sp³-hybridized carbons (Fsp3) is 0. The van der Waals surface area contributed by atoms with Gasteiger partial charge in [0.2, 0.25) is 5.95 Å². The van der Waals surface area contributed by atoms with Gasteiger partial charge in [-0.25, -0.2) is 13.9 Å². The van der Waals surface area contributed by atoms with Crippen LogP contribution in [0.1, 0.15) is 5.56 Å². The summed E-state index contributed by atoms with van der Waals surface area (Å²) in [5.74, 6) is 0.610. The van der Waals surface area contributed by atoms with E-state index in [0.29, 0.717) is 28.5 Å². The van der Waals surface area contributed by atoms with Crippen molar-refractivity contribution in [2.75, 3.05) is 5.32 Å². The Morgan fingerprint density at radius 3 is 2.91 bits per heavy atom. The molecule has 4 rings (SSSR count). The summed E-state index contributed by atoms with van der Waals surface area (Å²) >= 11 is 0. The number of halogens is 1. The zero-order valence-corrected chi connectivity index (χ0v) is 11.2. The van der Waals surface area contributed by atoms with Gasteiger partial charge < -0.3 is 5.32 Å². The molecule has 0 atom stereocenters. The second-order valence-electron chi connectivity index (χ2n) is 4.77. The molecule has 22 heavy (non-hydrogen) atoms. The van der Waals surface area contributed by atoms with E-state index < -0.39 is 0 Å². The van der Waals surface area contributed by atoms with Gasteiger partial charge in [-0.05, 0) is 36.4 Å². The molecule has 0 unspecified atom stereocenters. The molecule has 106 valence electrons. The maximum atomic E-state index is 13.2. The van der Waals surface area contributed by atoms with Crippen LogP contribution in [0.3, 0.4) is 0 Å². The predicted molar refractivity (Wildman–Crippen MR) is 79.2 cm³/mol. The lowest BCUT2D eigenvalue weighted by atomic mass is 10.2. The lowest BCUT2D eigenvalue weighted by Gasteiger charge is -2.01. The second-order valence-corrected chi connectivity index (χ2v) is 4.77. The van der Waals surface area contributed by atoms with Gasteiger partial charge in [-0.15, -0.1) is 0 Å². The van der Waals surface area contributed by atoms with E-state index in [1.54, 1.807) is 34.8 Å². The van der Waals surface area contributed by atoms with E-state index in [1.165, 1.54) is 12.1 Å². The highest BCUT2D eigenvalue weighted by molar-refractivity contribution is 5.80. The average Bonchev–Trinajstić information content (AvgIpc) is 3.03. The number of rotatable bonds is 2. The van der Waals surface area contributed by atoms with Crippen LogP contribution in [0.5, 0.6) is 0 Å². The van der Waals surface area contributed by atoms with Crippen molar-refractivity contribution in [2.45, 2.75) is 0 Å². The van der Waals surface area contributed by atoms with Crippen LogP contribution in [-0.4, -0.2) is 19.6 Å². The maximum Gasteiger partial charge on any atom is 0.253 e. The van der Waals surface area contributed by atoms with Crippen LogP contribution in [0.4, 0.5) is 16.0 Å². The van der Waals surface area contributed by atoms with Gasteiger partial charge in [0, 0.05) is 5.69 Å². The van der Waals surface area contributed by atoms with Gasteiger partial charge in [-0.1, -0.05) is 6.07 Å². The van der Waals surface area contributed by atoms with Gasteiger partial charge in [-0.2, -0.15) is 10.2 Å². The highest BCUT2D eigenvalue weighted by atomic mass is 19.1. The molecule has 7 heteroatoms.